The second-order valence-electron chi connectivity index (χ2n) is 4.36. The van der Waals surface area contributed by atoms with Crippen LogP contribution >= 0.6 is 35.1 Å². The number of rotatable bonds is 9. The quantitative estimate of drug-likeness (QED) is 0.719. The van der Waals surface area contributed by atoms with Crippen LogP contribution in [0.4, 0.5) is 0 Å². The van der Waals surface area contributed by atoms with Crippen molar-refractivity contribution in [2.24, 2.45) is 0 Å². The number of aliphatic carboxylic acids is 1. The van der Waals surface area contributed by atoms with E-state index in [1.54, 1.807) is 23.9 Å². The first-order chi connectivity index (χ1) is 10.0. The van der Waals surface area contributed by atoms with Gasteiger partial charge < -0.3 is 10.4 Å². The van der Waals surface area contributed by atoms with E-state index in [9.17, 15) is 9.59 Å². The summed E-state index contributed by atoms with van der Waals surface area (Å²) in [6.45, 7) is 0. The Hall–Kier alpha value is -0.850. The highest BCUT2D eigenvalue weighted by atomic mass is 35.5. The molecule has 1 aromatic carbocycles. The molecule has 1 amide bonds. The maximum atomic E-state index is 11.7. The molecule has 0 radical (unpaired) electrons. The van der Waals surface area contributed by atoms with Crippen LogP contribution in [0, 0.1) is 0 Å². The van der Waals surface area contributed by atoms with Gasteiger partial charge in [-0.05, 0) is 36.1 Å². The van der Waals surface area contributed by atoms with Gasteiger partial charge in [0.05, 0.1) is 5.75 Å². The zero-order valence-corrected chi connectivity index (χ0v) is 14.1. The fraction of sp³-hybridized carbons (Fsp3) is 0.429. The number of nitrogens with one attached hydrogen (secondary N) is 1. The predicted octanol–water partition coefficient (Wildman–Crippen LogP) is 2.90. The monoisotopic (exact) mass is 347 g/mol. The van der Waals surface area contributed by atoms with E-state index in [0.717, 1.165) is 5.56 Å². The van der Waals surface area contributed by atoms with Gasteiger partial charge in [-0.3, -0.25) is 4.79 Å². The largest absolute Gasteiger partial charge is 0.480 e. The minimum absolute atomic E-state index is 0.242. The summed E-state index contributed by atoms with van der Waals surface area (Å²) in [7, 11) is 0. The highest BCUT2D eigenvalue weighted by Gasteiger charge is 2.18. The molecule has 21 heavy (non-hydrogen) atoms. The number of benzene rings is 1. The lowest BCUT2D eigenvalue weighted by atomic mass is 10.2. The van der Waals surface area contributed by atoms with Gasteiger partial charge in [0.1, 0.15) is 6.04 Å². The second kappa shape index (κ2) is 9.97. The number of hydrogen-bond acceptors (Lipinski definition) is 4. The minimum Gasteiger partial charge on any atom is -0.480 e. The van der Waals surface area contributed by atoms with Gasteiger partial charge in [-0.15, -0.1) is 11.8 Å². The summed E-state index contributed by atoms with van der Waals surface area (Å²) in [5.74, 6) is 0.399. The fourth-order valence-electron chi connectivity index (χ4n) is 1.57. The first-order valence-electron chi connectivity index (χ1n) is 6.36. The van der Waals surface area contributed by atoms with Gasteiger partial charge in [0.2, 0.25) is 5.91 Å². The van der Waals surface area contributed by atoms with Crippen LogP contribution in [0.1, 0.15) is 12.0 Å². The first kappa shape index (κ1) is 18.2. The minimum atomic E-state index is -0.986. The third-order valence-electron chi connectivity index (χ3n) is 2.66. The SMILES string of the molecule is CSCCC(NC(=O)CSCc1ccc(Cl)cc1)C(=O)O. The number of hydrogen-bond donors (Lipinski definition) is 2. The number of carboxylic acid groups (broad SMARTS) is 1. The summed E-state index contributed by atoms with van der Waals surface area (Å²) in [5.41, 5.74) is 1.08. The number of thioether (sulfide) groups is 2. The maximum Gasteiger partial charge on any atom is 0.326 e. The lowest BCUT2D eigenvalue weighted by Crippen LogP contribution is -2.42. The van der Waals surface area contributed by atoms with E-state index >= 15 is 0 Å². The molecule has 0 spiro atoms. The smallest absolute Gasteiger partial charge is 0.326 e. The number of amides is 1. The van der Waals surface area contributed by atoms with Crippen molar-refractivity contribution in [3.8, 4) is 0 Å². The van der Waals surface area contributed by atoms with Crippen LogP contribution in [0.5, 0.6) is 0 Å². The van der Waals surface area contributed by atoms with Gasteiger partial charge in [-0.2, -0.15) is 11.8 Å². The van der Waals surface area contributed by atoms with Crippen molar-refractivity contribution in [3.05, 3.63) is 34.9 Å². The maximum absolute atomic E-state index is 11.7. The Kier molecular flexibility index (Phi) is 8.64. The topological polar surface area (TPSA) is 66.4 Å². The molecule has 0 bridgehead atoms. The van der Waals surface area contributed by atoms with Crippen molar-refractivity contribution in [2.45, 2.75) is 18.2 Å². The Labute approximate surface area is 138 Å². The van der Waals surface area contributed by atoms with Gasteiger partial charge in [0.25, 0.3) is 0 Å². The van der Waals surface area contributed by atoms with Crippen molar-refractivity contribution in [3.63, 3.8) is 0 Å². The number of carbonyl (C=O) groups excluding carboxylic acids is 1. The van der Waals surface area contributed by atoms with Crippen molar-refractivity contribution in [1.82, 2.24) is 5.32 Å². The summed E-state index contributed by atoms with van der Waals surface area (Å²) in [6.07, 6.45) is 2.34. The van der Waals surface area contributed by atoms with E-state index < -0.39 is 12.0 Å². The fourth-order valence-corrected chi connectivity index (χ4v) is 2.97. The Morgan fingerprint density at radius 2 is 2.00 bits per heavy atom. The van der Waals surface area contributed by atoms with Crippen molar-refractivity contribution < 1.29 is 14.7 Å². The van der Waals surface area contributed by atoms with E-state index in [1.165, 1.54) is 11.8 Å². The Morgan fingerprint density at radius 3 is 2.57 bits per heavy atom. The van der Waals surface area contributed by atoms with Gasteiger partial charge in [-0.25, -0.2) is 4.79 Å². The normalized spacial score (nSPS) is 11.9. The highest BCUT2D eigenvalue weighted by molar-refractivity contribution is 7.99. The Morgan fingerprint density at radius 1 is 1.33 bits per heavy atom. The van der Waals surface area contributed by atoms with E-state index in [0.29, 0.717) is 22.9 Å². The molecule has 0 aliphatic heterocycles. The number of carboxylic acids is 1. The molecule has 0 fully saturated rings. The van der Waals surface area contributed by atoms with Crippen molar-refractivity contribution in [1.29, 1.82) is 0 Å². The van der Waals surface area contributed by atoms with Gasteiger partial charge in [0.15, 0.2) is 0 Å². The molecule has 0 heterocycles. The van der Waals surface area contributed by atoms with E-state index in [-0.39, 0.29) is 11.7 Å². The molecule has 7 heteroatoms. The summed E-state index contributed by atoms with van der Waals surface area (Å²) < 4.78 is 0. The molecule has 116 valence electrons. The second-order valence-corrected chi connectivity index (χ2v) is 6.77. The van der Waals surface area contributed by atoms with Gasteiger partial charge in [0, 0.05) is 10.8 Å². The third kappa shape index (κ3) is 7.64. The van der Waals surface area contributed by atoms with Crippen LogP contribution in [-0.2, 0) is 15.3 Å². The molecule has 0 aliphatic rings. The Balaban J connectivity index is 2.32. The van der Waals surface area contributed by atoms with Crippen LogP contribution in [0.3, 0.4) is 0 Å². The molecule has 0 aliphatic carbocycles. The predicted molar refractivity (Wildman–Crippen MR) is 90.2 cm³/mol. The standard InChI is InChI=1S/C14H18ClNO3S2/c1-20-7-6-12(14(18)19)16-13(17)9-21-8-10-2-4-11(15)5-3-10/h2-5,12H,6-9H2,1H3,(H,16,17)(H,18,19). The molecule has 0 aromatic heterocycles. The van der Waals surface area contributed by atoms with Crippen LogP contribution < -0.4 is 5.32 Å². The molecule has 0 saturated carbocycles. The molecule has 2 N–H and O–H groups in total. The van der Waals surface area contributed by atoms with Crippen LogP contribution in [0.15, 0.2) is 24.3 Å². The number of halogens is 1. The summed E-state index contributed by atoms with van der Waals surface area (Å²) in [6, 6.07) is 6.62. The molecule has 1 unspecified atom stereocenters. The van der Waals surface area contributed by atoms with Crippen LogP contribution in [-0.4, -0.2) is 40.8 Å². The molecular formula is C14H18ClNO3S2. The lowest BCUT2D eigenvalue weighted by Gasteiger charge is -2.13. The van der Waals surface area contributed by atoms with E-state index in [2.05, 4.69) is 5.32 Å². The molecule has 1 atom stereocenters. The van der Waals surface area contributed by atoms with Crippen LogP contribution in [0.25, 0.3) is 0 Å². The third-order valence-corrected chi connectivity index (χ3v) is 4.56. The van der Waals surface area contributed by atoms with E-state index in [1.807, 2.05) is 18.4 Å². The van der Waals surface area contributed by atoms with E-state index in [4.69, 9.17) is 16.7 Å². The molecule has 4 nitrogen and oxygen atoms in total. The summed E-state index contributed by atoms with van der Waals surface area (Å²) >= 11 is 8.80. The van der Waals surface area contributed by atoms with Crippen LogP contribution in [0.2, 0.25) is 5.02 Å². The molecule has 1 rings (SSSR count). The molecular weight excluding hydrogens is 330 g/mol. The summed E-state index contributed by atoms with van der Waals surface area (Å²) in [5, 5.41) is 12.3. The van der Waals surface area contributed by atoms with Crippen molar-refractivity contribution >= 4 is 47.0 Å². The molecule has 0 saturated heterocycles. The zero-order chi connectivity index (χ0) is 15.7. The Bertz CT molecular complexity index is 468. The highest BCUT2D eigenvalue weighted by Crippen LogP contribution is 2.15. The summed E-state index contributed by atoms with van der Waals surface area (Å²) in [4.78, 5) is 22.8. The zero-order valence-electron chi connectivity index (χ0n) is 11.7. The average Bonchev–Trinajstić information content (AvgIpc) is 2.45. The number of carbonyl (C=O) groups is 2. The lowest BCUT2D eigenvalue weighted by molar-refractivity contribution is -0.141. The van der Waals surface area contributed by atoms with Crippen molar-refractivity contribution in [2.75, 3.05) is 17.8 Å². The van der Waals surface area contributed by atoms with Gasteiger partial charge in [-0.1, -0.05) is 23.7 Å². The van der Waals surface area contributed by atoms with Gasteiger partial charge >= 0.3 is 5.97 Å². The molecule has 1 aromatic rings. The average molecular weight is 348 g/mol. The first-order valence-corrected chi connectivity index (χ1v) is 9.29.